The van der Waals surface area contributed by atoms with Crippen LogP contribution >= 0.6 is 0 Å². The molecule has 0 aliphatic carbocycles. The average Bonchev–Trinajstić information content (AvgIpc) is 2.80. The number of ether oxygens (including phenoxy) is 1. The van der Waals surface area contributed by atoms with E-state index >= 15 is 0 Å². The number of hydrogen-bond donors (Lipinski definition) is 2. The summed E-state index contributed by atoms with van der Waals surface area (Å²) in [5.74, 6) is 1.11. The minimum absolute atomic E-state index is 0.342. The summed E-state index contributed by atoms with van der Waals surface area (Å²) in [7, 11) is 0. The van der Waals surface area contributed by atoms with Crippen LogP contribution in [0.5, 0.6) is 0 Å². The number of aliphatic hydroxyl groups excluding tert-OH is 1. The van der Waals surface area contributed by atoms with Crippen molar-refractivity contribution in [2.45, 2.75) is 25.8 Å². The lowest BCUT2D eigenvalue weighted by Gasteiger charge is -2.34. The van der Waals surface area contributed by atoms with Gasteiger partial charge >= 0.3 is 0 Å². The van der Waals surface area contributed by atoms with Gasteiger partial charge in [-0.05, 0) is 31.8 Å². The predicted molar refractivity (Wildman–Crippen MR) is 68.0 cm³/mol. The summed E-state index contributed by atoms with van der Waals surface area (Å²) < 4.78 is 5.61. The van der Waals surface area contributed by atoms with Crippen LogP contribution in [-0.4, -0.2) is 62.0 Å². The van der Waals surface area contributed by atoms with E-state index in [1.54, 1.807) is 0 Å². The topological polar surface area (TPSA) is 44.7 Å². The Hall–Kier alpha value is -0.160. The third-order valence-corrected chi connectivity index (χ3v) is 4.06. The summed E-state index contributed by atoms with van der Waals surface area (Å²) in [4.78, 5) is 2.49. The lowest BCUT2D eigenvalue weighted by molar-refractivity contribution is 0.0192. The van der Waals surface area contributed by atoms with E-state index in [2.05, 4.69) is 17.1 Å². The largest absolute Gasteiger partial charge is 0.396 e. The van der Waals surface area contributed by atoms with E-state index in [4.69, 9.17) is 9.84 Å². The summed E-state index contributed by atoms with van der Waals surface area (Å²) >= 11 is 0. The van der Waals surface area contributed by atoms with Gasteiger partial charge in [0.15, 0.2) is 0 Å². The van der Waals surface area contributed by atoms with Crippen molar-refractivity contribution in [3.05, 3.63) is 0 Å². The molecule has 2 fully saturated rings. The van der Waals surface area contributed by atoms with Crippen LogP contribution in [0.2, 0.25) is 0 Å². The highest BCUT2D eigenvalue weighted by atomic mass is 16.5. The van der Waals surface area contributed by atoms with Crippen molar-refractivity contribution in [1.82, 2.24) is 10.2 Å². The smallest absolute Gasteiger partial charge is 0.0521 e. The Morgan fingerprint density at radius 2 is 2.29 bits per heavy atom. The molecule has 3 unspecified atom stereocenters. The first-order chi connectivity index (χ1) is 8.33. The number of nitrogens with zero attached hydrogens (tertiary/aromatic N) is 1. The van der Waals surface area contributed by atoms with Crippen molar-refractivity contribution in [1.29, 1.82) is 0 Å². The Balaban J connectivity index is 1.79. The maximum absolute atomic E-state index is 9.16. The summed E-state index contributed by atoms with van der Waals surface area (Å²) in [5.41, 5.74) is 0. The van der Waals surface area contributed by atoms with E-state index in [1.165, 1.54) is 0 Å². The lowest BCUT2D eigenvalue weighted by atomic mass is 9.95. The normalized spacial score (nSPS) is 35.3. The number of likely N-dealkylation sites (tertiary alicyclic amines) is 1. The summed E-state index contributed by atoms with van der Waals surface area (Å²) in [6.45, 7) is 8.66. The molecule has 0 bridgehead atoms. The molecule has 4 heteroatoms. The first-order valence-corrected chi connectivity index (χ1v) is 6.97. The molecule has 2 aliphatic heterocycles. The first-order valence-electron chi connectivity index (χ1n) is 6.97. The van der Waals surface area contributed by atoms with Crippen LogP contribution < -0.4 is 5.32 Å². The highest BCUT2D eigenvalue weighted by molar-refractivity contribution is 4.84. The molecule has 2 aliphatic rings. The molecule has 0 saturated carbocycles. The lowest BCUT2D eigenvalue weighted by Crippen LogP contribution is -2.47. The van der Waals surface area contributed by atoms with Gasteiger partial charge in [0.1, 0.15) is 0 Å². The minimum Gasteiger partial charge on any atom is -0.396 e. The molecule has 2 heterocycles. The molecule has 17 heavy (non-hydrogen) atoms. The van der Waals surface area contributed by atoms with Gasteiger partial charge in [-0.25, -0.2) is 0 Å². The van der Waals surface area contributed by atoms with Crippen molar-refractivity contribution in [2.75, 3.05) is 46.0 Å². The fraction of sp³-hybridized carbons (Fsp3) is 1.00. The second kappa shape index (κ2) is 6.69. The van der Waals surface area contributed by atoms with Gasteiger partial charge in [-0.3, -0.25) is 0 Å². The SMILES string of the molecule is CCNC1CCOCC1CN1CCC(CO)C1. The third kappa shape index (κ3) is 3.65. The van der Waals surface area contributed by atoms with Gasteiger partial charge in [0.05, 0.1) is 6.61 Å². The molecule has 2 saturated heterocycles. The van der Waals surface area contributed by atoms with Crippen molar-refractivity contribution >= 4 is 0 Å². The van der Waals surface area contributed by atoms with Gasteiger partial charge < -0.3 is 20.1 Å². The monoisotopic (exact) mass is 242 g/mol. The maximum atomic E-state index is 9.16. The summed E-state index contributed by atoms with van der Waals surface area (Å²) in [5, 5.41) is 12.7. The maximum Gasteiger partial charge on any atom is 0.0521 e. The van der Waals surface area contributed by atoms with Crippen molar-refractivity contribution in [3.8, 4) is 0 Å². The number of hydrogen-bond acceptors (Lipinski definition) is 4. The number of aliphatic hydroxyl groups is 1. The van der Waals surface area contributed by atoms with Gasteiger partial charge in [-0.1, -0.05) is 6.92 Å². The Morgan fingerprint density at radius 3 is 3.00 bits per heavy atom. The van der Waals surface area contributed by atoms with Gasteiger partial charge in [-0.15, -0.1) is 0 Å². The predicted octanol–water partition coefficient (Wildman–Crippen LogP) is 0.315. The molecule has 2 N–H and O–H groups in total. The molecule has 0 amide bonds. The first kappa shape index (κ1) is 13.3. The van der Waals surface area contributed by atoms with E-state index in [1.807, 2.05) is 0 Å². The van der Waals surface area contributed by atoms with Gasteiger partial charge in [0.2, 0.25) is 0 Å². The standard InChI is InChI=1S/C13H26N2O2/c1-2-14-13-4-6-17-10-12(13)8-15-5-3-11(7-15)9-16/h11-14,16H,2-10H2,1H3. The molecule has 0 radical (unpaired) electrons. The van der Waals surface area contributed by atoms with Crippen molar-refractivity contribution < 1.29 is 9.84 Å². The van der Waals surface area contributed by atoms with Crippen LogP contribution in [0.1, 0.15) is 19.8 Å². The van der Waals surface area contributed by atoms with Crippen LogP contribution in [0.15, 0.2) is 0 Å². The summed E-state index contributed by atoms with van der Waals surface area (Å²) in [6, 6.07) is 0.613. The molecule has 2 rings (SSSR count). The Labute approximate surface area is 104 Å². The number of rotatable bonds is 5. The quantitative estimate of drug-likeness (QED) is 0.728. The van der Waals surface area contributed by atoms with E-state index < -0.39 is 0 Å². The molecule has 100 valence electrons. The Morgan fingerprint density at radius 1 is 1.41 bits per heavy atom. The minimum atomic E-state index is 0.342. The number of nitrogens with one attached hydrogen (secondary N) is 1. The van der Waals surface area contributed by atoms with Crippen LogP contribution in [0.25, 0.3) is 0 Å². The highest BCUT2D eigenvalue weighted by Crippen LogP contribution is 2.21. The molecule has 0 aromatic carbocycles. The second-order valence-electron chi connectivity index (χ2n) is 5.38. The Bertz CT molecular complexity index is 223. The van der Waals surface area contributed by atoms with E-state index in [-0.39, 0.29) is 0 Å². The van der Waals surface area contributed by atoms with Crippen molar-refractivity contribution in [3.63, 3.8) is 0 Å². The zero-order chi connectivity index (χ0) is 12.1. The van der Waals surface area contributed by atoms with E-state index in [0.717, 1.165) is 52.2 Å². The molecular formula is C13H26N2O2. The fourth-order valence-electron chi connectivity index (χ4n) is 3.07. The molecule has 4 nitrogen and oxygen atoms in total. The van der Waals surface area contributed by atoms with Crippen LogP contribution in [0, 0.1) is 11.8 Å². The molecule has 0 spiro atoms. The molecular weight excluding hydrogens is 216 g/mol. The fourth-order valence-corrected chi connectivity index (χ4v) is 3.07. The zero-order valence-corrected chi connectivity index (χ0v) is 10.9. The molecule has 0 aromatic rings. The molecule has 3 atom stereocenters. The average molecular weight is 242 g/mol. The highest BCUT2D eigenvalue weighted by Gasteiger charge is 2.29. The third-order valence-electron chi connectivity index (χ3n) is 4.06. The van der Waals surface area contributed by atoms with E-state index in [9.17, 15) is 0 Å². The van der Waals surface area contributed by atoms with Gasteiger partial charge in [0, 0.05) is 38.3 Å². The van der Waals surface area contributed by atoms with Crippen molar-refractivity contribution in [2.24, 2.45) is 11.8 Å². The zero-order valence-electron chi connectivity index (χ0n) is 10.9. The second-order valence-corrected chi connectivity index (χ2v) is 5.38. The van der Waals surface area contributed by atoms with Crippen LogP contribution in [-0.2, 0) is 4.74 Å². The van der Waals surface area contributed by atoms with Crippen LogP contribution in [0.3, 0.4) is 0 Å². The van der Waals surface area contributed by atoms with Gasteiger partial charge in [-0.2, -0.15) is 0 Å². The van der Waals surface area contributed by atoms with E-state index in [0.29, 0.717) is 24.5 Å². The summed E-state index contributed by atoms with van der Waals surface area (Å²) in [6.07, 6.45) is 2.28. The van der Waals surface area contributed by atoms with Gasteiger partial charge in [0.25, 0.3) is 0 Å². The Kier molecular flexibility index (Phi) is 5.22. The molecule has 0 aromatic heterocycles. The van der Waals surface area contributed by atoms with Crippen LogP contribution in [0.4, 0.5) is 0 Å².